The number of hydrogen-bond acceptors (Lipinski definition) is 10. The molecule has 0 aromatic rings. The van der Waals surface area contributed by atoms with Gasteiger partial charge in [-0.15, -0.1) is 0 Å². The molecular weight excluding hydrogens is 392 g/mol. The molecule has 14 nitrogen and oxygen atoms in total. The second-order valence-electron chi connectivity index (χ2n) is 3.91. The van der Waals surface area contributed by atoms with Crippen molar-refractivity contribution >= 4 is 12.3 Å². The zero-order valence-electron chi connectivity index (χ0n) is 15.5. The Morgan fingerprint density at radius 2 is 0.571 bits per heavy atom. The highest BCUT2D eigenvalue weighted by atomic mass is 16.6. The van der Waals surface area contributed by atoms with E-state index < -0.39 is 12.3 Å². The van der Waals surface area contributed by atoms with Crippen molar-refractivity contribution in [3.8, 4) is 0 Å². The standard InChI is InChI=1S/2C6H14O4.2CH2O3/c2*7-1-3-9-5-6-10-4-2-8;2*2-1(3)4/h2*7-8H,1-6H2;2*(H2,2,3,4). The minimum absolute atomic E-state index is 0.0417. The van der Waals surface area contributed by atoms with Crippen LogP contribution in [0.25, 0.3) is 0 Å². The Morgan fingerprint density at radius 3 is 0.679 bits per heavy atom. The quantitative estimate of drug-likeness (QED) is 0.148. The van der Waals surface area contributed by atoms with Gasteiger partial charge in [0.15, 0.2) is 0 Å². The molecule has 0 aliphatic carbocycles. The lowest BCUT2D eigenvalue weighted by Crippen LogP contribution is -2.09. The molecule has 0 bridgehead atoms. The first kappa shape index (κ1) is 33.8. The average Bonchev–Trinajstić information content (AvgIpc) is 2.61. The van der Waals surface area contributed by atoms with Crippen LogP contribution in [-0.2, 0) is 18.9 Å². The van der Waals surface area contributed by atoms with Crippen molar-refractivity contribution in [2.24, 2.45) is 0 Å². The minimum Gasteiger partial charge on any atom is -0.450 e. The largest absolute Gasteiger partial charge is 0.503 e. The van der Waals surface area contributed by atoms with Gasteiger partial charge >= 0.3 is 12.3 Å². The molecule has 172 valence electrons. The van der Waals surface area contributed by atoms with Crippen LogP contribution in [0.4, 0.5) is 9.59 Å². The van der Waals surface area contributed by atoms with Crippen LogP contribution < -0.4 is 0 Å². The molecule has 0 aromatic heterocycles. The summed E-state index contributed by atoms with van der Waals surface area (Å²) in [5, 5.41) is 60.9. The Kier molecular flexibility index (Phi) is 43.7. The molecule has 0 amide bonds. The maximum Gasteiger partial charge on any atom is 0.503 e. The molecule has 0 aliphatic rings. The summed E-state index contributed by atoms with van der Waals surface area (Å²) in [5.74, 6) is 0. The first-order valence-corrected chi connectivity index (χ1v) is 7.88. The maximum absolute atomic E-state index is 8.56. The van der Waals surface area contributed by atoms with E-state index in [1.165, 1.54) is 0 Å². The highest BCUT2D eigenvalue weighted by Crippen LogP contribution is 1.77. The molecule has 0 fully saturated rings. The Bertz CT molecular complexity index is 237. The van der Waals surface area contributed by atoms with Crippen molar-refractivity contribution in [3.05, 3.63) is 0 Å². The second-order valence-corrected chi connectivity index (χ2v) is 3.91. The molecule has 0 saturated carbocycles. The summed E-state index contributed by atoms with van der Waals surface area (Å²) in [4.78, 5) is 17.1. The monoisotopic (exact) mass is 424 g/mol. The maximum atomic E-state index is 8.56. The fraction of sp³-hybridized carbons (Fsp3) is 0.857. The number of carbonyl (C=O) groups is 2. The van der Waals surface area contributed by atoms with Gasteiger partial charge in [0.1, 0.15) is 0 Å². The van der Waals surface area contributed by atoms with Crippen LogP contribution in [0.5, 0.6) is 0 Å². The lowest BCUT2D eigenvalue weighted by molar-refractivity contribution is 0.0222. The van der Waals surface area contributed by atoms with Crippen molar-refractivity contribution in [2.75, 3.05) is 79.3 Å². The van der Waals surface area contributed by atoms with Crippen LogP contribution >= 0.6 is 0 Å². The molecule has 0 aliphatic heterocycles. The van der Waals surface area contributed by atoms with Gasteiger partial charge < -0.3 is 59.8 Å². The highest BCUT2D eigenvalue weighted by Gasteiger charge is 1.87. The van der Waals surface area contributed by atoms with E-state index in [9.17, 15) is 0 Å². The smallest absolute Gasteiger partial charge is 0.450 e. The van der Waals surface area contributed by atoms with Gasteiger partial charge in [0, 0.05) is 0 Å². The normalized spacial score (nSPS) is 9.00. The Morgan fingerprint density at radius 1 is 0.429 bits per heavy atom. The van der Waals surface area contributed by atoms with Crippen molar-refractivity contribution in [1.29, 1.82) is 0 Å². The van der Waals surface area contributed by atoms with E-state index in [4.69, 9.17) is 69.4 Å². The van der Waals surface area contributed by atoms with Gasteiger partial charge in [0.2, 0.25) is 0 Å². The first-order chi connectivity index (χ1) is 13.3. The molecule has 0 rings (SSSR count). The highest BCUT2D eigenvalue weighted by molar-refractivity contribution is 5.53. The lowest BCUT2D eigenvalue weighted by atomic mass is 10.7. The molecule has 8 N–H and O–H groups in total. The number of ether oxygens (including phenoxy) is 4. The Balaban J connectivity index is -0.000000150. The van der Waals surface area contributed by atoms with E-state index in [-0.39, 0.29) is 26.4 Å². The van der Waals surface area contributed by atoms with Crippen LogP contribution in [0, 0.1) is 0 Å². The van der Waals surface area contributed by atoms with E-state index in [0.29, 0.717) is 52.9 Å². The molecule has 0 heterocycles. The van der Waals surface area contributed by atoms with Crippen molar-refractivity contribution in [2.45, 2.75) is 0 Å². The zero-order valence-corrected chi connectivity index (χ0v) is 15.5. The zero-order chi connectivity index (χ0) is 22.5. The van der Waals surface area contributed by atoms with Gasteiger partial charge in [-0.3, -0.25) is 0 Å². The van der Waals surface area contributed by atoms with Gasteiger partial charge in [0.25, 0.3) is 0 Å². The predicted octanol–water partition coefficient (Wildman–Crippen LogP) is -1.55. The summed E-state index contributed by atoms with van der Waals surface area (Å²) in [6, 6.07) is 0. The van der Waals surface area contributed by atoms with Crippen LogP contribution in [0.15, 0.2) is 0 Å². The Labute approximate surface area is 162 Å². The molecule has 14 heteroatoms. The second kappa shape index (κ2) is 36.2. The van der Waals surface area contributed by atoms with Crippen LogP contribution in [-0.4, -0.2) is 132 Å². The van der Waals surface area contributed by atoms with E-state index in [2.05, 4.69) is 0 Å². The summed E-state index contributed by atoms with van der Waals surface area (Å²) in [6.07, 6.45) is -3.67. The van der Waals surface area contributed by atoms with Crippen LogP contribution in [0.3, 0.4) is 0 Å². The summed E-state index contributed by atoms with van der Waals surface area (Å²) >= 11 is 0. The Hall–Kier alpha value is -1.78. The third-order valence-corrected chi connectivity index (χ3v) is 1.69. The molecule has 0 aromatic carbocycles. The van der Waals surface area contributed by atoms with Gasteiger partial charge in [-0.05, 0) is 0 Å². The average molecular weight is 424 g/mol. The summed E-state index contributed by atoms with van der Waals surface area (Å²) in [5.41, 5.74) is 0. The lowest BCUT2D eigenvalue weighted by Gasteiger charge is -2.01. The minimum atomic E-state index is -1.83. The van der Waals surface area contributed by atoms with Crippen molar-refractivity contribution in [3.63, 3.8) is 0 Å². The summed E-state index contributed by atoms with van der Waals surface area (Å²) < 4.78 is 19.5. The van der Waals surface area contributed by atoms with Crippen LogP contribution in [0.1, 0.15) is 0 Å². The molecule has 28 heavy (non-hydrogen) atoms. The first-order valence-electron chi connectivity index (χ1n) is 7.88. The number of aliphatic hydroxyl groups excluding tert-OH is 4. The summed E-state index contributed by atoms with van der Waals surface area (Å²) in [7, 11) is 0. The molecule has 0 spiro atoms. The van der Waals surface area contributed by atoms with Crippen LogP contribution in [0.2, 0.25) is 0 Å². The third-order valence-electron chi connectivity index (χ3n) is 1.69. The van der Waals surface area contributed by atoms with E-state index in [1.807, 2.05) is 0 Å². The van der Waals surface area contributed by atoms with E-state index in [1.54, 1.807) is 0 Å². The van der Waals surface area contributed by atoms with Gasteiger partial charge in [-0.25, -0.2) is 9.59 Å². The van der Waals surface area contributed by atoms with Gasteiger partial charge in [0.05, 0.1) is 79.3 Å². The number of hydrogen-bond donors (Lipinski definition) is 8. The van der Waals surface area contributed by atoms with Gasteiger partial charge in [-0.2, -0.15) is 0 Å². The van der Waals surface area contributed by atoms with Gasteiger partial charge in [-0.1, -0.05) is 0 Å². The number of carboxylic acid groups (broad SMARTS) is 4. The molecular formula is C14H32O14. The number of aliphatic hydroxyl groups is 4. The topological polar surface area (TPSA) is 233 Å². The van der Waals surface area contributed by atoms with Crippen molar-refractivity contribution < 1.29 is 69.4 Å². The van der Waals surface area contributed by atoms with Crippen molar-refractivity contribution in [1.82, 2.24) is 0 Å². The fourth-order valence-electron chi connectivity index (χ4n) is 0.902. The van der Waals surface area contributed by atoms with E-state index in [0.717, 1.165) is 0 Å². The predicted molar refractivity (Wildman–Crippen MR) is 92.9 cm³/mol. The summed E-state index contributed by atoms with van der Waals surface area (Å²) in [6.45, 7) is 3.46. The molecule has 0 unspecified atom stereocenters. The molecule has 0 atom stereocenters. The molecule has 0 radical (unpaired) electrons. The third kappa shape index (κ3) is 87.4. The van der Waals surface area contributed by atoms with E-state index >= 15 is 0 Å². The number of rotatable bonds is 14. The molecule has 0 saturated heterocycles. The SMILES string of the molecule is O=C(O)O.O=C(O)O.OCCOCCOCCO.OCCOCCOCCO. The fourth-order valence-corrected chi connectivity index (χ4v) is 0.902.